The average molecular weight is 278 g/mol. The molecule has 0 aliphatic rings. The normalized spacial score (nSPS) is 10.5. The Morgan fingerprint density at radius 3 is 2.53 bits per heavy atom. The predicted molar refractivity (Wildman–Crippen MR) is 76.7 cm³/mol. The van der Waals surface area contributed by atoms with E-state index in [1.165, 1.54) is 0 Å². The zero-order valence-electron chi connectivity index (χ0n) is 11.0. The van der Waals surface area contributed by atoms with Crippen LogP contribution in [0.3, 0.4) is 0 Å². The standard InChI is InChI=1S/C14H16ClN3O/c1-3-11-13(12(4-2)18-17-11)16-14(19)9-5-7-10(15)8-6-9/h5-8H,3-4H2,1-2H3,(H,16,19)(H,17,18). The number of aryl methyl sites for hydroxylation is 2. The molecule has 5 heteroatoms. The van der Waals surface area contributed by atoms with Gasteiger partial charge < -0.3 is 5.32 Å². The molecule has 2 rings (SSSR count). The van der Waals surface area contributed by atoms with Gasteiger partial charge in [-0.25, -0.2) is 0 Å². The quantitative estimate of drug-likeness (QED) is 0.899. The summed E-state index contributed by atoms with van der Waals surface area (Å²) in [5.74, 6) is -0.150. The summed E-state index contributed by atoms with van der Waals surface area (Å²) < 4.78 is 0. The van der Waals surface area contributed by atoms with Crippen molar-refractivity contribution in [3.8, 4) is 0 Å². The van der Waals surface area contributed by atoms with Crippen LogP contribution < -0.4 is 5.32 Å². The second kappa shape index (κ2) is 5.89. The van der Waals surface area contributed by atoms with Gasteiger partial charge in [0.2, 0.25) is 0 Å². The molecular weight excluding hydrogens is 262 g/mol. The van der Waals surface area contributed by atoms with E-state index in [9.17, 15) is 4.79 Å². The van der Waals surface area contributed by atoms with Crippen molar-refractivity contribution in [2.24, 2.45) is 0 Å². The number of aromatic nitrogens is 2. The van der Waals surface area contributed by atoms with Gasteiger partial charge in [-0.05, 0) is 37.1 Å². The number of nitrogens with zero attached hydrogens (tertiary/aromatic N) is 1. The lowest BCUT2D eigenvalue weighted by atomic mass is 10.1. The summed E-state index contributed by atoms with van der Waals surface area (Å²) in [6, 6.07) is 6.81. The second-order valence-electron chi connectivity index (χ2n) is 4.19. The van der Waals surface area contributed by atoms with Crippen molar-refractivity contribution in [3.05, 3.63) is 46.2 Å². The maximum absolute atomic E-state index is 12.2. The van der Waals surface area contributed by atoms with Crippen molar-refractivity contribution in [2.75, 3.05) is 5.32 Å². The lowest BCUT2D eigenvalue weighted by Crippen LogP contribution is -2.13. The van der Waals surface area contributed by atoms with E-state index >= 15 is 0 Å². The summed E-state index contributed by atoms with van der Waals surface area (Å²) in [7, 11) is 0. The van der Waals surface area contributed by atoms with Crippen LogP contribution in [0.1, 0.15) is 35.6 Å². The largest absolute Gasteiger partial charge is 0.319 e. The highest BCUT2D eigenvalue weighted by atomic mass is 35.5. The number of halogens is 1. The highest BCUT2D eigenvalue weighted by Gasteiger charge is 2.14. The number of carbonyl (C=O) groups excluding carboxylic acids is 1. The Bertz CT molecular complexity index is 553. The van der Waals surface area contributed by atoms with Gasteiger partial charge in [0.05, 0.1) is 17.1 Å². The van der Waals surface area contributed by atoms with Crippen molar-refractivity contribution >= 4 is 23.2 Å². The number of nitrogens with one attached hydrogen (secondary N) is 2. The van der Waals surface area contributed by atoms with Crippen LogP contribution in [0.4, 0.5) is 5.69 Å². The number of hydrogen-bond acceptors (Lipinski definition) is 2. The molecule has 0 unspecified atom stereocenters. The molecule has 2 N–H and O–H groups in total. The summed E-state index contributed by atoms with van der Waals surface area (Å²) in [5, 5.41) is 10.7. The van der Waals surface area contributed by atoms with Crippen LogP contribution in [-0.2, 0) is 12.8 Å². The Morgan fingerprint density at radius 2 is 1.95 bits per heavy atom. The molecule has 100 valence electrons. The molecule has 0 saturated heterocycles. The van der Waals surface area contributed by atoms with Gasteiger partial charge in [-0.3, -0.25) is 9.89 Å². The monoisotopic (exact) mass is 277 g/mol. The van der Waals surface area contributed by atoms with Gasteiger partial charge in [0.25, 0.3) is 5.91 Å². The third-order valence-electron chi connectivity index (χ3n) is 2.95. The maximum Gasteiger partial charge on any atom is 0.255 e. The number of hydrogen-bond donors (Lipinski definition) is 2. The minimum absolute atomic E-state index is 0.150. The molecule has 1 aromatic heterocycles. The molecule has 0 aliphatic heterocycles. The van der Waals surface area contributed by atoms with Gasteiger partial charge in [-0.1, -0.05) is 25.4 Å². The maximum atomic E-state index is 12.2. The first-order valence-electron chi connectivity index (χ1n) is 6.28. The molecule has 19 heavy (non-hydrogen) atoms. The first-order valence-corrected chi connectivity index (χ1v) is 6.66. The molecule has 0 aliphatic carbocycles. The zero-order valence-corrected chi connectivity index (χ0v) is 11.7. The Balaban J connectivity index is 2.23. The van der Waals surface area contributed by atoms with Gasteiger partial charge in [0.1, 0.15) is 0 Å². The Kier molecular flexibility index (Phi) is 4.22. The summed E-state index contributed by atoms with van der Waals surface area (Å²) in [5.41, 5.74) is 3.19. The van der Waals surface area contributed by atoms with E-state index < -0.39 is 0 Å². The van der Waals surface area contributed by atoms with Crippen molar-refractivity contribution in [1.29, 1.82) is 0 Å². The lowest BCUT2D eigenvalue weighted by Gasteiger charge is -2.07. The van der Waals surface area contributed by atoms with E-state index in [1.54, 1.807) is 24.3 Å². The number of rotatable bonds is 4. The van der Waals surface area contributed by atoms with E-state index in [-0.39, 0.29) is 5.91 Å². The first kappa shape index (κ1) is 13.6. The van der Waals surface area contributed by atoms with E-state index in [0.717, 1.165) is 29.9 Å². The molecule has 1 heterocycles. The lowest BCUT2D eigenvalue weighted by molar-refractivity contribution is 0.102. The van der Waals surface area contributed by atoms with Crippen LogP contribution in [0.15, 0.2) is 24.3 Å². The fraction of sp³-hybridized carbons (Fsp3) is 0.286. The highest BCUT2D eigenvalue weighted by Crippen LogP contribution is 2.20. The minimum Gasteiger partial charge on any atom is -0.319 e. The molecule has 4 nitrogen and oxygen atoms in total. The number of H-pyrrole nitrogens is 1. The van der Waals surface area contributed by atoms with Crippen molar-refractivity contribution in [2.45, 2.75) is 26.7 Å². The number of anilines is 1. The summed E-state index contributed by atoms with van der Waals surface area (Å²) in [6.45, 7) is 4.03. The highest BCUT2D eigenvalue weighted by molar-refractivity contribution is 6.30. The molecule has 0 spiro atoms. The number of benzene rings is 1. The SMILES string of the molecule is CCc1n[nH]c(CC)c1NC(=O)c1ccc(Cl)cc1. The van der Waals surface area contributed by atoms with Crippen molar-refractivity contribution < 1.29 is 4.79 Å². The first-order chi connectivity index (χ1) is 9.15. The molecule has 0 atom stereocenters. The Morgan fingerprint density at radius 1 is 1.26 bits per heavy atom. The fourth-order valence-electron chi connectivity index (χ4n) is 1.87. The van der Waals surface area contributed by atoms with Crippen molar-refractivity contribution in [3.63, 3.8) is 0 Å². The van der Waals surface area contributed by atoms with Crippen LogP contribution >= 0.6 is 11.6 Å². The van der Waals surface area contributed by atoms with Crippen LogP contribution in [0.5, 0.6) is 0 Å². The third-order valence-corrected chi connectivity index (χ3v) is 3.20. The topological polar surface area (TPSA) is 57.8 Å². The number of carbonyl (C=O) groups is 1. The van der Waals surface area contributed by atoms with Gasteiger partial charge in [0, 0.05) is 10.6 Å². The Hall–Kier alpha value is -1.81. The second-order valence-corrected chi connectivity index (χ2v) is 4.63. The van der Waals surface area contributed by atoms with Crippen LogP contribution in [0.25, 0.3) is 0 Å². The zero-order chi connectivity index (χ0) is 13.8. The smallest absolute Gasteiger partial charge is 0.255 e. The van der Waals surface area contributed by atoms with E-state index in [4.69, 9.17) is 11.6 Å². The van der Waals surface area contributed by atoms with E-state index in [0.29, 0.717) is 10.6 Å². The molecule has 0 fully saturated rings. The summed E-state index contributed by atoms with van der Waals surface area (Å²) in [6.07, 6.45) is 1.57. The molecule has 1 aromatic carbocycles. The van der Waals surface area contributed by atoms with Gasteiger partial charge in [-0.15, -0.1) is 0 Å². The van der Waals surface area contributed by atoms with Crippen LogP contribution in [-0.4, -0.2) is 16.1 Å². The third kappa shape index (κ3) is 2.96. The average Bonchev–Trinajstić information content (AvgIpc) is 2.81. The van der Waals surface area contributed by atoms with E-state index in [1.807, 2.05) is 13.8 Å². The minimum atomic E-state index is -0.150. The molecule has 2 aromatic rings. The van der Waals surface area contributed by atoms with Gasteiger partial charge >= 0.3 is 0 Å². The predicted octanol–water partition coefficient (Wildman–Crippen LogP) is 3.44. The number of aromatic amines is 1. The van der Waals surface area contributed by atoms with E-state index in [2.05, 4.69) is 15.5 Å². The van der Waals surface area contributed by atoms with Crippen molar-refractivity contribution in [1.82, 2.24) is 10.2 Å². The summed E-state index contributed by atoms with van der Waals surface area (Å²) >= 11 is 5.81. The Labute approximate surface area is 117 Å². The molecule has 0 saturated carbocycles. The number of amides is 1. The molecular formula is C14H16ClN3O. The summed E-state index contributed by atoms with van der Waals surface area (Å²) in [4.78, 5) is 12.2. The molecule has 0 bridgehead atoms. The molecule has 0 radical (unpaired) electrons. The van der Waals surface area contributed by atoms with Crippen LogP contribution in [0.2, 0.25) is 5.02 Å². The molecule has 1 amide bonds. The van der Waals surface area contributed by atoms with Gasteiger partial charge in [-0.2, -0.15) is 5.10 Å². The fourth-order valence-corrected chi connectivity index (χ4v) is 1.99. The van der Waals surface area contributed by atoms with Crippen LogP contribution in [0, 0.1) is 0 Å². The van der Waals surface area contributed by atoms with Gasteiger partial charge in [0.15, 0.2) is 0 Å².